The van der Waals surface area contributed by atoms with Crippen LogP contribution in [0.3, 0.4) is 0 Å². The molecule has 0 bridgehead atoms. The van der Waals surface area contributed by atoms with E-state index in [2.05, 4.69) is 19.9 Å². The van der Waals surface area contributed by atoms with Gasteiger partial charge in [0.05, 0.1) is 30.6 Å². The fraction of sp³-hybridized carbons (Fsp3) is 0.462. The number of carbonyl (C=O) groups is 3. The first kappa shape index (κ1) is 26.9. The van der Waals surface area contributed by atoms with Gasteiger partial charge in [-0.1, -0.05) is 6.07 Å². The molecule has 1 atom stereocenters. The summed E-state index contributed by atoms with van der Waals surface area (Å²) < 4.78 is 46.9. The third-order valence-corrected chi connectivity index (χ3v) is 7.39. The van der Waals surface area contributed by atoms with Crippen LogP contribution in [0.2, 0.25) is 0 Å². The van der Waals surface area contributed by atoms with Crippen LogP contribution in [-0.2, 0) is 28.3 Å². The molecule has 3 aliphatic rings. The minimum absolute atomic E-state index is 0.0263. The fourth-order valence-electron chi connectivity index (χ4n) is 5.31. The van der Waals surface area contributed by atoms with Gasteiger partial charge in [0.1, 0.15) is 11.6 Å². The van der Waals surface area contributed by atoms with Crippen molar-refractivity contribution < 1.29 is 42.1 Å². The molecule has 1 aromatic carbocycles. The van der Waals surface area contributed by atoms with Crippen LogP contribution in [0.1, 0.15) is 53.0 Å². The highest BCUT2D eigenvalue weighted by molar-refractivity contribution is 6.05. The van der Waals surface area contributed by atoms with Gasteiger partial charge >= 0.3 is 6.36 Å². The smallest absolute Gasteiger partial charge is 0.493 e. The number of methoxy groups -OCH3 is 1. The van der Waals surface area contributed by atoms with E-state index in [-0.39, 0.29) is 37.0 Å². The zero-order valence-electron chi connectivity index (χ0n) is 21.1. The van der Waals surface area contributed by atoms with Crippen molar-refractivity contribution >= 4 is 17.7 Å². The molecule has 3 aliphatic heterocycles. The highest BCUT2D eigenvalue weighted by Crippen LogP contribution is 2.36. The monoisotopic (exact) mass is 548 g/mol. The number of imide groups is 1. The standard InChI is InChI=1S/C26H27F3N4O6/c1-38-20-12-15(2-5-19(20)39-26(27,28)29)13-32-10-8-25(37,9-11-32)21-6-3-16-17(30-21)14-33(24(16)36)18-4-7-22(34)31-23(18)35/h2-3,5-6,12,18,37H,4,7-11,13-14H2,1H3,(H,31,34,35). The molecule has 2 aromatic rings. The van der Waals surface area contributed by atoms with Gasteiger partial charge in [0.25, 0.3) is 5.91 Å². The zero-order chi connectivity index (χ0) is 27.9. The maximum Gasteiger partial charge on any atom is 0.573 e. The Bertz CT molecular complexity index is 1310. The molecule has 39 heavy (non-hydrogen) atoms. The van der Waals surface area contributed by atoms with E-state index in [4.69, 9.17) is 4.74 Å². The van der Waals surface area contributed by atoms with Gasteiger partial charge in [-0.3, -0.25) is 29.6 Å². The van der Waals surface area contributed by atoms with Crippen LogP contribution in [0.4, 0.5) is 13.2 Å². The Morgan fingerprint density at radius 3 is 2.54 bits per heavy atom. The van der Waals surface area contributed by atoms with Gasteiger partial charge in [0.15, 0.2) is 11.5 Å². The molecule has 4 heterocycles. The number of hydrogen-bond donors (Lipinski definition) is 2. The number of likely N-dealkylation sites (tertiary alicyclic amines) is 1. The van der Waals surface area contributed by atoms with Crippen molar-refractivity contribution in [2.24, 2.45) is 0 Å². The van der Waals surface area contributed by atoms with Crippen molar-refractivity contribution in [1.29, 1.82) is 0 Å². The van der Waals surface area contributed by atoms with Crippen LogP contribution in [0.5, 0.6) is 11.5 Å². The summed E-state index contributed by atoms with van der Waals surface area (Å²) in [6.07, 6.45) is -3.70. The largest absolute Gasteiger partial charge is 0.573 e. The molecule has 208 valence electrons. The summed E-state index contributed by atoms with van der Waals surface area (Å²) in [7, 11) is 1.27. The lowest BCUT2D eigenvalue weighted by Crippen LogP contribution is -2.52. The molecule has 0 aliphatic carbocycles. The van der Waals surface area contributed by atoms with E-state index in [1.54, 1.807) is 12.1 Å². The molecular formula is C26H27F3N4O6. The van der Waals surface area contributed by atoms with Gasteiger partial charge in [-0.25, -0.2) is 0 Å². The summed E-state index contributed by atoms with van der Waals surface area (Å²) in [5, 5.41) is 13.7. The molecule has 0 saturated carbocycles. The Kier molecular flexibility index (Phi) is 6.97. The summed E-state index contributed by atoms with van der Waals surface area (Å²) in [5.41, 5.74) is 0.796. The number of nitrogens with zero attached hydrogens (tertiary/aromatic N) is 3. The third kappa shape index (κ3) is 5.55. The van der Waals surface area contributed by atoms with Gasteiger partial charge in [-0.2, -0.15) is 0 Å². The first-order chi connectivity index (χ1) is 18.5. The minimum atomic E-state index is -4.83. The normalized spacial score (nSPS) is 21.5. The number of alkyl halides is 3. The number of amides is 3. The van der Waals surface area contributed by atoms with Crippen LogP contribution in [0.25, 0.3) is 0 Å². The minimum Gasteiger partial charge on any atom is -0.493 e. The summed E-state index contributed by atoms with van der Waals surface area (Å²) >= 11 is 0. The molecule has 13 heteroatoms. The van der Waals surface area contributed by atoms with E-state index < -0.39 is 29.7 Å². The number of halogens is 3. The second-order valence-corrected chi connectivity index (χ2v) is 9.93. The Hall–Kier alpha value is -3.71. The predicted molar refractivity (Wildman–Crippen MR) is 128 cm³/mol. The van der Waals surface area contributed by atoms with Crippen molar-refractivity contribution in [2.45, 2.75) is 56.8 Å². The van der Waals surface area contributed by atoms with Crippen LogP contribution < -0.4 is 14.8 Å². The topological polar surface area (TPSA) is 121 Å². The lowest BCUT2D eigenvalue weighted by atomic mass is 9.87. The van der Waals surface area contributed by atoms with E-state index in [1.165, 1.54) is 30.2 Å². The van der Waals surface area contributed by atoms with Gasteiger partial charge in [0, 0.05) is 26.1 Å². The molecule has 1 unspecified atom stereocenters. The lowest BCUT2D eigenvalue weighted by molar-refractivity contribution is -0.275. The molecule has 0 spiro atoms. The van der Waals surface area contributed by atoms with Gasteiger partial charge in [0.2, 0.25) is 11.8 Å². The summed E-state index contributed by atoms with van der Waals surface area (Å²) in [6, 6.07) is 6.76. The third-order valence-electron chi connectivity index (χ3n) is 7.39. The van der Waals surface area contributed by atoms with E-state index >= 15 is 0 Å². The maximum atomic E-state index is 12.9. The molecule has 0 radical (unpaired) electrons. The van der Waals surface area contributed by atoms with E-state index in [9.17, 15) is 32.7 Å². The average Bonchev–Trinajstić information content (AvgIpc) is 3.21. The van der Waals surface area contributed by atoms with E-state index in [0.717, 1.165) is 5.56 Å². The Labute approximate surface area is 221 Å². The van der Waals surface area contributed by atoms with E-state index in [1.807, 2.05) is 0 Å². The lowest BCUT2D eigenvalue weighted by Gasteiger charge is -2.38. The number of piperidine rings is 2. The number of hydrogen-bond acceptors (Lipinski definition) is 8. The predicted octanol–water partition coefficient (Wildman–Crippen LogP) is 2.23. The van der Waals surface area contributed by atoms with Crippen molar-refractivity contribution in [1.82, 2.24) is 20.1 Å². The molecule has 10 nitrogen and oxygen atoms in total. The SMILES string of the molecule is COc1cc(CN2CCC(O)(c3ccc4c(n3)CN(C3CCC(=O)NC3=O)C4=O)CC2)ccc1OC(F)(F)F. The molecule has 1 aromatic heterocycles. The van der Waals surface area contributed by atoms with Gasteiger partial charge in [-0.15, -0.1) is 13.2 Å². The molecule has 3 amide bonds. The van der Waals surface area contributed by atoms with Crippen molar-refractivity contribution in [3.05, 3.63) is 52.8 Å². The maximum absolute atomic E-state index is 12.9. The number of rotatable bonds is 6. The Balaban J connectivity index is 1.23. The van der Waals surface area contributed by atoms with Crippen LogP contribution >= 0.6 is 0 Å². The number of aliphatic hydroxyl groups is 1. The second kappa shape index (κ2) is 10.1. The van der Waals surface area contributed by atoms with Crippen LogP contribution in [0.15, 0.2) is 30.3 Å². The molecule has 2 saturated heterocycles. The van der Waals surface area contributed by atoms with Crippen molar-refractivity contribution in [3.8, 4) is 11.5 Å². The number of nitrogens with one attached hydrogen (secondary N) is 1. The van der Waals surface area contributed by atoms with Crippen molar-refractivity contribution in [2.75, 3.05) is 20.2 Å². The summed E-state index contributed by atoms with van der Waals surface area (Å²) in [4.78, 5) is 44.7. The highest BCUT2D eigenvalue weighted by atomic mass is 19.4. The van der Waals surface area contributed by atoms with Crippen LogP contribution in [0, 0.1) is 0 Å². The number of carbonyl (C=O) groups excluding carboxylic acids is 3. The second-order valence-electron chi connectivity index (χ2n) is 9.93. The number of benzene rings is 1. The molecule has 5 rings (SSSR count). The molecule has 2 N–H and O–H groups in total. The van der Waals surface area contributed by atoms with Gasteiger partial charge in [-0.05, 0) is 49.1 Å². The first-order valence-electron chi connectivity index (χ1n) is 12.5. The van der Waals surface area contributed by atoms with Gasteiger partial charge < -0.3 is 19.5 Å². The number of pyridine rings is 1. The Morgan fingerprint density at radius 2 is 1.87 bits per heavy atom. The molecular weight excluding hydrogens is 521 g/mol. The Morgan fingerprint density at radius 1 is 1.13 bits per heavy atom. The van der Waals surface area contributed by atoms with E-state index in [0.29, 0.717) is 49.4 Å². The summed E-state index contributed by atoms with van der Waals surface area (Å²) in [6.45, 7) is 1.55. The summed E-state index contributed by atoms with van der Waals surface area (Å²) in [5.74, 6) is -1.64. The average molecular weight is 549 g/mol. The highest BCUT2D eigenvalue weighted by Gasteiger charge is 2.42. The number of aromatic nitrogens is 1. The quantitative estimate of drug-likeness (QED) is 0.528. The van der Waals surface area contributed by atoms with Crippen LogP contribution in [-0.4, -0.2) is 70.2 Å². The van der Waals surface area contributed by atoms with Crippen molar-refractivity contribution in [3.63, 3.8) is 0 Å². The molecule has 2 fully saturated rings. The number of fused-ring (bicyclic) bond motifs is 1. The fourth-order valence-corrected chi connectivity index (χ4v) is 5.31. The first-order valence-corrected chi connectivity index (χ1v) is 12.5. The zero-order valence-corrected chi connectivity index (χ0v) is 21.1. The number of ether oxygens (including phenoxy) is 2.